The van der Waals surface area contributed by atoms with Crippen molar-refractivity contribution in [3.05, 3.63) is 23.8 Å². The lowest BCUT2D eigenvalue weighted by Crippen LogP contribution is -1.98. The van der Waals surface area contributed by atoms with Crippen molar-refractivity contribution in [1.29, 1.82) is 0 Å². The maximum atomic E-state index is 4.34. The largest absolute Gasteiger partial charge is 0.252 e. The second-order valence-corrected chi connectivity index (χ2v) is 9.04. The van der Waals surface area contributed by atoms with Gasteiger partial charge in [-0.05, 0) is 38.5 Å². The van der Waals surface area contributed by atoms with E-state index >= 15 is 0 Å². The highest BCUT2D eigenvalue weighted by molar-refractivity contribution is 4.94. The average Bonchev–Trinajstić information content (AvgIpc) is 3.42. The zero-order valence-corrected chi connectivity index (χ0v) is 20.3. The lowest BCUT2D eigenvalue weighted by molar-refractivity contribution is 0.516. The molecule has 2 aromatic rings. The van der Waals surface area contributed by atoms with Crippen LogP contribution in [0.2, 0.25) is 0 Å². The molecule has 6 nitrogen and oxygen atoms in total. The molecule has 0 unspecified atom stereocenters. The first-order valence-corrected chi connectivity index (χ1v) is 13.1. The van der Waals surface area contributed by atoms with Gasteiger partial charge in [-0.25, -0.2) is 0 Å². The minimum absolute atomic E-state index is 1.01. The van der Waals surface area contributed by atoms with E-state index in [1.807, 2.05) is 9.36 Å². The molecule has 0 bridgehead atoms. The number of rotatable bonds is 20. The molecule has 0 aliphatic rings. The smallest absolute Gasteiger partial charge is 0.0827 e. The summed E-state index contributed by atoms with van der Waals surface area (Å²) < 4.78 is 4.05. The van der Waals surface area contributed by atoms with Crippen LogP contribution in [0.5, 0.6) is 0 Å². The molecule has 0 radical (unpaired) electrons. The third-order valence-corrected chi connectivity index (χ3v) is 6.02. The molecule has 0 aromatic carbocycles. The molecular formula is C25H46N6. The zero-order chi connectivity index (χ0) is 22.0. The molecule has 0 atom stereocenters. The second-order valence-electron chi connectivity index (χ2n) is 9.04. The summed E-state index contributed by atoms with van der Waals surface area (Å²) in [7, 11) is 0. The van der Waals surface area contributed by atoms with E-state index in [-0.39, 0.29) is 0 Å². The van der Waals surface area contributed by atoms with Crippen LogP contribution in [0.1, 0.15) is 122 Å². The Labute approximate surface area is 190 Å². The predicted molar refractivity (Wildman–Crippen MR) is 128 cm³/mol. The lowest BCUT2D eigenvalue weighted by atomic mass is 10.1. The van der Waals surface area contributed by atoms with Crippen LogP contribution in [0.3, 0.4) is 0 Å². The van der Waals surface area contributed by atoms with Gasteiger partial charge < -0.3 is 0 Å². The van der Waals surface area contributed by atoms with Gasteiger partial charge in [-0.1, -0.05) is 94.9 Å². The number of aryl methyl sites for hydroxylation is 4. The molecule has 2 aromatic heterocycles. The van der Waals surface area contributed by atoms with Gasteiger partial charge in [0.05, 0.1) is 11.4 Å². The fraction of sp³-hybridized carbons (Fsp3) is 0.840. The highest BCUT2D eigenvalue weighted by Crippen LogP contribution is 2.10. The number of nitrogens with zero attached hydrogens (tertiary/aromatic N) is 6. The Hall–Kier alpha value is -1.72. The molecule has 0 saturated carbocycles. The summed E-state index contributed by atoms with van der Waals surface area (Å²) >= 11 is 0. The summed E-state index contributed by atoms with van der Waals surface area (Å²) in [5.74, 6) is 0. The van der Waals surface area contributed by atoms with E-state index in [4.69, 9.17) is 0 Å². The van der Waals surface area contributed by atoms with Crippen molar-refractivity contribution in [3.63, 3.8) is 0 Å². The van der Waals surface area contributed by atoms with Crippen LogP contribution in [0.15, 0.2) is 12.4 Å². The van der Waals surface area contributed by atoms with Crippen molar-refractivity contribution in [1.82, 2.24) is 30.0 Å². The van der Waals surface area contributed by atoms with E-state index in [2.05, 4.69) is 46.9 Å². The van der Waals surface area contributed by atoms with Gasteiger partial charge in [0.25, 0.3) is 0 Å². The maximum absolute atomic E-state index is 4.34. The van der Waals surface area contributed by atoms with Crippen molar-refractivity contribution >= 4 is 0 Å². The van der Waals surface area contributed by atoms with Gasteiger partial charge in [0.15, 0.2) is 0 Å². The predicted octanol–water partition coefficient (Wildman–Crippen LogP) is 6.55. The van der Waals surface area contributed by atoms with Gasteiger partial charge in [-0.15, -0.1) is 10.2 Å². The van der Waals surface area contributed by atoms with Gasteiger partial charge in [0.1, 0.15) is 0 Å². The Balaban J connectivity index is 1.48. The SMILES string of the molecule is CCCCCCCCn1cc(CCCCCc2cn(CCCCCCCC)nn2)nn1. The summed E-state index contributed by atoms with van der Waals surface area (Å²) in [5.41, 5.74) is 2.27. The summed E-state index contributed by atoms with van der Waals surface area (Å²) in [4.78, 5) is 0. The minimum atomic E-state index is 1.01. The number of unbranched alkanes of at least 4 members (excludes halogenated alkanes) is 12. The van der Waals surface area contributed by atoms with Gasteiger partial charge in [-0.3, -0.25) is 9.36 Å². The Morgan fingerprint density at radius 3 is 1.35 bits per heavy atom. The normalized spacial score (nSPS) is 11.4. The van der Waals surface area contributed by atoms with E-state index in [0.29, 0.717) is 0 Å². The van der Waals surface area contributed by atoms with Crippen molar-refractivity contribution in [2.75, 3.05) is 0 Å². The quantitative estimate of drug-likeness (QED) is 0.224. The van der Waals surface area contributed by atoms with Gasteiger partial charge in [0, 0.05) is 25.5 Å². The van der Waals surface area contributed by atoms with Crippen LogP contribution in [-0.2, 0) is 25.9 Å². The Bertz CT molecular complexity index is 606. The van der Waals surface area contributed by atoms with Crippen LogP contribution in [-0.4, -0.2) is 30.0 Å². The van der Waals surface area contributed by atoms with Crippen LogP contribution in [0.4, 0.5) is 0 Å². The van der Waals surface area contributed by atoms with Crippen LogP contribution in [0, 0.1) is 0 Å². The first-order valence-electron chi connectivity index (χ1n) is 13.1. The van der Waals surface area contributed by atoms with E-state index < -0.39 is 0 Å². The van der Waals surface area contributed by atoms with Gasteiger partial charge in [-0.2, -0.15) is 0 Å². The van der Waals surface area contributed by atoms with Crippen LogP contribution < -0.4 is 0 Å². The Kier molecular flexibility index (Phi) is 13.9. The number of hydrogen-bond donors (Lipinski definition) is 0. The van der Waals surface area contributed by atoms with Crippen molar-refractivity contribution in [2.45, 2.75) is 136 Å². The molecule has 2 heterocycles. The molecule has 6 heteroatoms. The third kappa shape index (κ3) is 12.0. The summed E-state index contributed by atoms with van der Waals surface area (Å²) in [5, 5.41) is 17.3. The summed E-state index contributed by atoms with van der Waals surface area (Å²) in [6.07, 6.45) is 25.7. The topological polar surface area (TPSA) is 61.4 Å². The van der Waals surface area contributed by atoms with Gasteiger partial charge in [0.2, 0.25) is 0 Å². The highest BCUT2D eigenvalue weighted by Gasteiger charge is 2.03. The molecule has 0 aliphatic carbocycles. The van der Waals surface area contributed by atoms with Crippen molar-refractivity contribution in [3.8, 4) is 0 Å². The third-order valence-electron chi connectivity index (χ3n) is 6.02. The van der Waals surface area contributed by atoms with E-state index in [9.17, 15) is 0 Å². The highest BCUT2D eigenvalue weighted by atomic mass is 15.4. The van der Waals surface area contributed by atoms with Crippen molar-refractivity contribution in [2.24, 2.45) is 0 Å². The van der Waals surface area contributed by atoms with E-state index in [1.165, 1.54) is 96.3 Å². The molecule has 176 valence electrons. The number of aromatic nitrogens is 6. The Morgan fingerprint density at radius 2 is 0.903 bits per heavy atom. The second kappa shape index (κ2) is 16.9. The molecule has 0 fully saturated rings. The molecule has 0 amide bonds. The monoisotopic (exact) mass is 430 g/mol. The van der Waals surface area contributed by atoms with Crippen LogP contribution in [0.25, 0.3) is 0 Å². The molecular weight excluding hydrogens is 384 g/mol. The fourth-order valence-electron chi connectivity index (χ4n) is 4.02. The molecule has 0 saturated heterocycles. The molecule has 0 aliphatic heterocycles. The summed E-state index contributed by atoms with van der Waals surface area (Å²) in [6.45, 7) is 6.54. The number of hydrogen-bond acceptors (Lipinski definition) is 4. The Morgan fingerprint density at radius 1 is 0.516 bits per heavy atom. The van der Waals surface area contributed by atoms with Crippen molar-refractivity contribution < 1.29 is 0 Å². The molecule has 2 rings (SSSR count). The lowest BCUT2D eigenvalue weighted by Gasteiger charge is -2.01. The van der Waals surface area contributed by atoms with Gasteiger partial charge >= 0.3 is 0 Å². The zero-order valence-electron chi connectivity index (χ0n) is 20.3. The first kappa shape index (κ1) is 25.5. The fourth-order valence-corrected chi connectivity index (χ4v) is 4.02. The maximum Gasteiger partial charge on any atom is 0.0827 e. The van der Waals surface area contributed by atoms with E-state index in [0.717, 1.165) is 37.3 Å². The van der Waals surface area contributed by atoms with E-state index in [1.54, 1.807) is 0 Å². The molecule has 31 heavy (non-hydrogen) atoms. The average molecular weight is 431 g/mol. The molecule has 0 N–H and O–H groups in total. The first-order chi connectivity index (χ1) is 15.3. The summed E-state index contributed by atoms with van der Waals surface area (Å²) in [6, 6.07) is 0. The van der Waals surface area contributed by atoms with Crippen LogP contribution >= 0.6 is 0 Å². The minimum Gasteiger partial charge on any atom is -0.252 e. The molecule has 0 spiro atoms. The standard InChI is InChI=1S/C25H46N6/c1-3-5-7-9-11-16-20-30-22-24(26-28-30)18-14-13-15-19-25-23-31(29-27-25)21-17-12-10-8-6-4-2/h22-23H,3-21H2,1-2H3.